The quantitative estimate of drug-likeness (QED) is 0.210. The van der Waals surface area contributed by atoms with Crippen molar-refractivity contribution in [3.8, 4) is 23.5 Å². The summed E-state index contributed by atoms with van der Waals surface area (Å²) in [6, 6.07) is 46.6. The molecule has 0 amide bonds. The zero-order valence-corrected chi connectivity index (χ0v) is 23.6. The van der Waals surface area contributed by atoms with Gasteiger partial charge < -0.3 is 9.13 Å². The summed E-state index contributed by atoms with van der Waals surface area (Å²) in [6.07, 6.45) is 0. The van der Waals surface area contributed by atoms with Gasteiger partial charge in [-0.2, -0.15) is 10.5 Å². The van der Waals surface area contributed by atoms with E-state index >= 15 is 0 Å². The predicted octanol–water partition coefficient (Wildman–Crippen LogP) is 9.99. The van der Waals surface area contributed by atoms with Gasteiger partial charge in [-0.15, -0.1) is 11.3 Å². The monoisotopic (exact) mass is 564 g/mol. The van der Waals surface area contributed by atoms with Crippen LogP contribution in [0.25, 0.3) is 75.2 Å². The lowest BCUT2D eigenvalue weighted by Crippen LogP contribution is -1.98. The average Bonchev–Trinajstić information content (AvgIpc) is 3.71. The van der Waals surface area contributed by atoms with Crippen LogP contribution in [0.4, 0.5) is 0 Å². The molecule has 0 aliphatic carbocycles. The molecule has 3 heterocycles. The number of nitrogens with zero attached hydrogens (tertiary/aromatic N) is 4. The summed E-state index contributed by atoms with van der Waals surface area (Å²) < 4.78 is 7.21. The Morgan fingerprint density at radius 1 is 0.465 bits per heavy atom. The number of benzene rings is 6. The van der Waals surface area contributed by atoms with Crippen LogP contribution < -0.4 is 0 Å². The third-order valence-corrected chi connectivity index (χ3v) is 9.75. The van der Waals surface area contributed by atoms with Crippen molar-refractivity contribution in [1.29, 1.82) is 10.5 Å². The predicted molar refractivity (Wildman–Crippen MR) is 177 cm³/mol. The van der Waals surface area contributed by atoms with Crippen molar-refractivity contribution < 1.29 is 0 Å². The summed E-state index contributed by atoms with van der Waals surface area (Å²) in [5, 5.41) is 26.2. The highest BCUT2D eigenvalue weighted by molar-refractivity contribution is 7.26. The van der Waals surface area contributed by atoms with Crippen molar-refractivity contribution in [2.75, 3.05) is 0 Å². The number of aromatic nitrogens is 2. The topological polar surface area (TPSA) is 57.4 Å². The van der Waals surface area contributed by atoms with Crippen molar-refractivity contribution in [1.82, 2.24) is 9.13 Å². The fourth-order valence-corrected chi connectivity index (χ4v) is 7.98. The van der Waals surface area contributed by atoms with Crippen molar-refractivity contribution in [3.63, 3.8) is 0 Å². The van der Waals surface area contributed by atoms with Gasteiger partial charge in [0, 0.05) is 53.1 Å². The molecule has 0 atom stereocenters. The van der Waals surface area contributed by atoms with E-state index in [2.05, 4.69) is 106 Å². The number of rotatable bonds is 2. The molecule has 198 valence electrons. The smallest absolute Gasteiger partial charge is 0.0991 e. The van der Waals surface area contributed by atoms with Gasteiger partial charge in [-0.1, -0.05) is 48.5 Å². The normalized spacial score (nSPS) is 11.7. The molecule has 0 aliphatic heterocycles. The minimum Gasteiger partial charge on any atom is -0.309 e. The summed E-state index contributed by atoms with van der Waals surface area (Å²) in [4.78, 5) is 0. The summed E-state index contributed by atoms with van der Waals surface area (Å²) in [5.41, 5.74) is 7.62. The molecular weight excluding hydrogens is 545 g/mol. The summed E-state index contributed by atoms with van der Waals surface area (Å²) in [6.45, 7) is 0. The summed E-state index contributed by atoms with van der Waals surface area (Å²) in [5.74, 6) is 0. The Kier molecular flexibility index (Phi) is 4.87. The van der Waals surface area contributed by atoms with E-state index in [-0.39, 0.29) is 0 Å². The third kappa shape index (κ3) is 3.29. The van der Waals surface area contributed by atoms with Crippen molar-refractivity contribution >= 4 is 75.1 Å². The van der Waals surface area contributed by atoms with Gasteiger partial charge >= 0.3 is 0 Å². The zero-order chi connectivity index (χ0) is 28.7. The van der Waals surface area contributed by atoms with Crippen LogP contribution in [0.3, 0.4) is 0 Å². The number of hydrogen-bond acceptors (Lipinski definition) is 3. The number of fused-ring (bicyclic) bond motifs is 10. The second-order valence-corrected chi connectivity index (χ2v) is 11.9. The first-order chi connectivity index (χ1) is 21.2. The molecular formula is C38H20N4S. The highest BCUT2D eigenvalue weighted by Crippen LogP contribution is 2.43. The maximum atomic E-state index is 9.60. The highest BCUT2D eigenvalue weighted by Gasteiger charge is 2.19. The number of nitriles is 2. The van der Waals surface area contributed by atoms with Crippen molar-refractivity contribution in [2.24, 2.45) is 0 Å². The Hall–Kier alpha value is -5.88. The van der Waals surface area contributed by atoms with Crippen LogP contribution in [-0.4, -0.2) is 9.13 Å². The molecule has 9 aromatic rings. The Morgan fingerprint density at radius 2 is 1.05 bits per heavy atom. The molecule has 5 heteroatoms. The Morgan fingerprint density at radius 3 is 1.74 bits per heavy atom. The van der Waals surface area contributed by atoms with Crippen LogP contribution in [0.2, 0.25) is 0 Å². The van der Waals surface area contributed by atoms with Crippen molar-refractivity contribution in [3.05, 3.63) is 132 Å². The maximum absolute atomic E-state index is 9.60. The van der Waals surface area contributed by atoms with Crippen LogP contribution in [-0.2, 0) is 0 Å². The molecule has 0 aliphatic rings. The average molecular weight is 565 g/mol. The zero-order valence-electron chi connectivity index (χ0n) is 22.7. The van der Waals surface area contributed by atoms with Gasteiger partial charge in [0.1, 0.15) is 0 Å². The highest BCUT2D eigenvalue weighted by atomic mass is 32.1. The number of para-hydroxylation sites is 1. The molecule has 0 N–H and O–H groups in total. The van der Waals surface area contributed by atoms with E-state index in [1.165, 1.54) is 42.0 Å². The van der Waals surface area contributed by atoms with Gasteiger partial charge in [0.15, 0.2) is 0 Å². The second kappa shape index (κ2) is 8.81. The standard InChI is InChI=1S/C38H20N4S/c39-21-23-12-15-33-30(18-23)31-19-24(22-40)13-16-34(31)41(33)25-6-5-7-26(20-25)42-32-10-3-1-9-29(32)37-35(42)17-14-28-27-8-2-4-11-36(27)43-38(28)37/h1-20H. The van der Waals surface area contributed by atoms with E-state index in [1.807, 2.05) is 47.7 Å². The Bertz CT molecular complexity index is 2630. The first kappa shape index (κ1) is 23.8. The fourth-order valence-electron chi connectivity index (χ4n) is 6.72. The molecule has 6 aromatic carbocycles. The largest absolute Gasteiger partial charge is 0.309 e. The third-order valence-electron chi connectivity index (χ3n) is 8.55. The van der Waals surface area contributed by atoms with E-state index in [0.29, 0.717) is 11.1 Å². The maximum Gasteiger partial charge on any atom is 0.0991 e. The second-order valence-electron chi connectivity index (χ2n) is 10.8. The van der Waals surface area contributed by atoms with E-state index in [1.54, 1.807) is 0 Å². The molecule has 0 unspecified atom stereocenters. The van der Waals surface area contributed by atoms with Gasteiger partial charge in [0.2, 0.25) is 0 Å². The molecule has 0 bridgehead atoms. The molecule has 0 saturated heterocycles. The van der Waals surface area contributed by atoms with Gasteiger partial charge in [-0.05, 0) is 72.8 Å². The number of thiophene rings is 1. The van der Waals surface area contributed by atoms with Gasteiger partial charge in [-0.3, -0.25) is 0 Å². The first-order valence-electron chi connectivity index (χ1n) is 14.1. The summed E-state index contributed by atoms with van der Waals surface area (Å²) >= 11 is 1.86. The minimum absolute atomic E-state index is 0.598. The molecule has 3 aromatic heterocycles. The van der Waals surface area contributed by atoms with Gasteiger partial charge in [0.05, 0.1) is 45.3 Å². The molecule has 0 spiro atoms. The lowest BCUT2D eigenvalue weighted by atomic mass is 10.1. The van der Waals surface area contributed by atoms with E-state index in [0.717, 1.165) is 33.2 Å². The van der Waals surface area contributed by atoms with E-state index in [4.69, 9.17) is 0 Å². The first-order valence-corrected chi connectivity index (χ1v) is 14.9. The van der Waals surface area contributed by atoms with Crippen LogP contribution in [0.15, 0.2) is 121 Å². The Labute approximate surface area is 250 Å². The molecule has 43 heavy (non-hydrogen) atoms. The molecule has 4 nitrogen and oxygen atoms in total. The minimum atomic E-state index is 0.598. The van der Waals surface area contributed by atoms with E-state index < -0.39 is 0 Å². The molecule has 0 saturated carbocycles. The molecule has 0 fully saturated rings. The molecule has 0 radical (unpaired) electrons. The van der Waals surface area contributed by atoms with Crippen LogP contribution in [0.1, 0.15) is 11.1 Å². The number of hydrogen-bond donors (Lipinski definition) is 0. The van der Waals surface area contributed by atoms with Crippen LogP contribution >= 0.6 is 11.3 Å². The summed E-state index contributed by atoms with van der Waals surface area (Å²) in [7, 11) is 0. The van der Waals surface area contributed by atoms with Crippen LogP contribution in [0, 0.1) is 22.7 Å². The van der Waals surface area contributed by atoms with E-state index in [9.17, 15) is 10.5 Å². The van der Waals surface area contributed by atoms with Crippen molar-refractivity contribution in [2.45, 2.75) is 0 Å². The SMILES string of the molecule is N#Cc1ccc2c(c1)c1cc(C#N)ccc1n2-c1cccc(-n2c3ccccc3c3c4sc5ccccc5c4ccc32)c1. The Balaban J connectivity index is 1.35. The molecule has 9 rings (SSSR count). The lowest BCUT2D eigenvalue weighted by Gasteiger charge is -2.13. The van der Waals surface area contributed by atoms with Crippen LogP contribution in [0.5, 0.6) is 0 Å². The van der Waals surface area contributed by atoms with Gasteiger partial charge in [0.25, 0.3) is 0 Å². The van der Waals surface area contributed by atoms with Gasteiger partial charge in [-0.25, -0.2) is 0 Å². The fraction of sp³-hybridized carbons (Fsp3) is 0. The lowest BCUT2D eigenvalue weighted by molar-refractivity contribution is 1.13.